The largest absolute Gasteiger partial charge is 0.573 e. The van der Waals surface area contributed by atoms with Crippen LogP contribution in [0, 0.1) is 0 Å². The molecule has 0 amide bonds. The first-order valence-electron chi connectivity index (χ1n) is 5.75. The van der Waals surface area contributed by atoms with E-state index in [9.17, 15) is 13.2 Å². The number of ether oxygens (including phenoxy) is 1. The Hall–Kier alpha value is -1.82. The maximum Gasteiger partial charge on any atom is 0.573 e. The van der Waals surface area contributed by atoms with E-state index in [-0.39, 0.29) is 5.75 Å². The third kappa shape index (κ3) is 4.70. The van der Waals surface area contributed by atoms with Gasteiger partial charge in [0.25, 0.3) is 0 Å². The molecule has 2 aromatic rings. The zero-order chi connectivity index (χ0) is 14.6. The van der Waals surface area contributed by atoms with Crippen molar-refractivity contribution in [2.24, 2.45) is 0 Å². The number of hydrogen-bond acceptors (Lipinski definition) is 3. The van der Waals surface area contributed by atoms with Gasteiger partial charge in [0.05, 0.1) is 0 Å². The van der Waals surface area contributed by atoms with E-state index in [2.05, 4.69) is 4.74 Å². The normalized spacial score (nSPS) is 11.3. The van der Waals surface area contributed by atoms with Crippen molar-refractivity contribution in [3.05, 3.63) is 54.1 Å². The molecular formula is C14H12F3NOS. The van der Waals surface area contributed by atoms with Gasteiger partial charge in [-0.25, -0.2) is 0 Å². The molecule has 0 unspecified atom stereocenters. The van der Waals surface area contributed by atoms with E-state index in [0.717, 1.165) is 10.5 Å². The fourth-order valence-electron chi connectivity index (χ4n) is 1.52. The van der Waals surface area contributed by atoms with E-state index in [4.69, 9.17) is 5.73 Å². The summed E-state index contributed by atoms with van der Waals surface area (Å²) in [6.45, 7) is 0. The van der Waals surface area contributed by atoms with Gasteiger partial charge in [-0.2, -0.15) is 0 Å². The second-order valence-electron chi connectivity index (χ2n) is 4.05. The Bertz CT molecular complexity index is 552. The predicted molar refractivity (Wildman–Crippen MR) is 73.5 cm³/mol. The van der Waals surface area contributed by atoms with Crippen LogP contribution in [-0.2, 0) is 5.75 Å². The summed E-state index contributed by atoms with van der Waals surface area (Å²) in [6.07, 6.45) is -4.65. The Kier molecular flexibility index (Phi) is 4.44. The number of nitrogen functional groups attached to an aromatic ring is 1. The number of alkyl halides is 3. The zero-order valence-electron chi connectivity index (χ0n) is 10.4. The molecule has 0 fully saturated rings. The molecule has 0 aliphatic rings. The van der Waals surface area contributed by atoms with Gasteiger partial charge in [0.2, 0.25) is 0 Å². The van der Waals surface area contributed by atoms with E-state index >= 15 is 0 Å². The standard InChI is InChI=1S/C14H12F3NOS/c15-14(16,17)19-12-5-1-10(2-6-12)9-20-13-7-3-11(18)4-8-13/h1-8H,9,18H2. The fourth-order valence-corrected chi connectivity index (χ4v) is 2.37. The molecule has 0 saturated heterocycles. The van der Waals surface area contributed by atoms with E-state index in [1.807, 2.05) is 24.3 Å². The summed E-state index contributed by atoms with van der Waals surface area (Å²) in [5.74, 6) is 0.453. The Labute approximate surface area is 118 Å². The number of nitrogens with two attached hydrogens (primary N) is 1. The maximum absolute atomic E-state index is 12.0. The van der Waals surface area contributed by atoms with Crippen LogP contribution in [0.25, 0.3) is 0 Å². The Morgan fingerprint density at radius 3 is 2.10 bits per heavy atom. The molecule has 106 valence electrons. The lowest BCUT2D eigenvalue weighted by molar-refractivity contribution is -0.274. The second-order valence-corrected chi connectivity index (χ2v) is 5.10. The van der Waals surface area contributed by atoms with Crippen molar-refractivity contribution in [1.29, 1.82) is 0 Å². The third-order valence-electron chi connectivity index (χ3n) is 2.44. The number of rotatable bonds is 4. The lowest BCUT2D eigenvalue weighted by Crippen LogP contribution is -2.16. The summed E-state index contributed by atoms with van der Waals surface area (Å²) in [5.41, 5.74) is 7.20. The molecule has 2 aromatic carbocycles. The van der Waals surface area contributed by atoms with Gasteiger partial charge in [0, 0.05) is 16.3 Å². The van der Waals surface area contributed by atoms with Gasteiger partial charge in [-0.3, -0.25) is 0 Å². The summed E-state index contributed by atoms with van der Waals surface area (Å²) >= 11 is 1.58. The summed E-state index contributed by atoms with van der Waals surface area (Å²) in [5, 5.41) is 0. The van der Waals surface area contributed by atoms with E-state index in [1.165, 1.54) is 12.1 Å². The summed E-state index contributed by atoms with van der Waals surface area (Å²) < 4.78 is 39.8. The highest BCUT2D eigenvalue weighted by atomic mass is 32.2. The SMILES string of the molecule is Nc1ccc(SCc2ccc(OC(F)(F)F)cc2)cc1. The Balaban J connectivity index is 1.92. The zero-order valence-corrected chi connectivity index (χ0v) is 11.2. The lowest BCUT2D eigenvalue weighted by Gasteiger charge is -2.09. The monoisotopic (exact) mass is 299 g/mol. The van der Waals surface area contributed by atoms with Crippen LogP contribution in [0.5, 0.6) is 5.75 Å². The van der Waals surface area contributed by atoms with Crippen LogP contribution in [-0.4, -0.2) is 6.36 Å². The molecule has 20 heavy (non-hydrogen) atoms. The van der Waals surface area contributed by atoms with Crippen molar-refractivity contribution >= 4 is 17.4 Å². The van der Waals surface area contributed by atoms with E-state index in [1.54, 1.807) is 23.9 Å². The van der Waals surface area contributed by atoms with Gasteiger partial charge in [0.1, 0.15) is 5.75 Å². The number of hydrogen-bond donors (Lipinski definition) is 1. The molecule has 0 heterocycles. The van der Waals surface area contributed by atoms with Gasteiger partial charge in [-0.05, 0) is 42.0 Å². The minimum Gasteiger partial charge on any atom is -0.406 e. The van der Waals surface area contributed by atoms with Gasteiger partial charge in [-0.15, -0.1) is 24.9 Å². The molecule has 0 spiro atoms. The van der Waals surface area contributed by atoms with Gasteiger partial charge >= 0.3 is 6.36 Å². The summed E-state index contributed by atoms with van der Waals surface area (Å²) in [6, 6.07) is 13.3. The van der Waals surface area contributed by atoms with Gasteiger partial charge in [-0.1, -0.05) is 12.1 Å². The molecule has 0 radical (unpaired) electrons. The van der Waals surface area contributed by atoms with Crippen LogP contribution >= 0.6 is 11.8 Å². The molecule has 0 aliphatic heterocycles. The lowest BCUT2D eigenvalue weighted by atomic mass is 10.2. The number of thioether (sulfide) groups is 1. The molecule has 0 bridgehead atoms. The first-order chi connectivity index (χ1) is 9.42. The molecule has 0 atom stereocenters. The van der Waals surface area contributed by atoms with Crippen molar-refractivity contribution in [2.45, 2.75) is 17.0 Å². The van der Waals surface area contributed by atoms with Crippen LogP contribution < -0.4 is 10.5 Å². The molecule has 0 aliphatic carbocycles. The molecular weight excluding hydrogens is 287 g/mol. The van der Waals surface area contributed by atoms with Crippen molar-refractivity contribution < 1.29 is 17.9 Å². The topological polar surface area (TPSA) is 35.2 Å². The summed E-state index contributed by atoms with van der Waals surface area (Å²) in [4.78, 5) is 1.05. The quantitative estimate of drug-likeness (QED) is 0.668. The average molecular weight is 299 g/mol. The van der Waals surface area contributed by atoms with Gasteiger partial charge < -0.3 is 10.5 Å². The van der Waals surface area contributed by atoms with Crippen molar-refractivity contribution in [1.82, 2.24) is 0 Å². The maximum atomic E-state index is 12.0. The predicted octanol–water partition coefficient (Wildman–Crippen LogP) is 4.46. The smallest absolute Gasteiger partial charge is 0.406 e. The number of benzene rings is 2. The Morgan fingerprint density at radius 2 is 1.55 bits per heavy atom. The highest BCUT2D eigenvalue weighted by molar-refractivity contribution is 7.98. The highest BCUT2D eigenvalue weighted by Crippen LogP contribution is 2.26. The van der Waals surface area contributed by atoms with E-state index in [0.29, 0.717) is 11.4 Å². The van der Waals surface area contributed by atoms with E-state index < -0.39 is 6.36 Å². The third-order valence-corrected chi connectivity index (χ3v) is 3.53. The second kappa shape index (κ2) is 6.09. The molecule has 2 N–H and O–H groups in total. The van der Waals surface area contributed by atoms with Crippen molar-refractivity contribution in [3.8, 4) is 5.75 Å². The molecule has 0 saturated carbocycles. The average Bonchev–Trinajstić information content (AvgIpc) is 2.38. The minimum atomic E-state index is -4.65. The van der Waals surface area contributed by atoms with Crippen LogP contribution in [0.2, 0.25) is 0 Å². The van der Waals surface area contributed by atoms with Crippen LogP contribution in [0.15, 0.2) is 53.4 Å². The summed E-state index contributed by atoms with van der Waals surface area (Å²) in [7, 11) is 0. The van der Waals surface area contributed by atoms with Crippen LogP contribution in [0.3, 0.4) is 0 Å². The molecule has 2 nitrogen and oxygen atoms in total. The van der Waals surface area contributed by atoms with Crippen molar-refractivity contribution in [3.63, 3.8) is 0 Å². The van der Waals surface area contributed by atoms with Crippen LogP contribution in [0.4, 0.5) is 18.9 Å². The van der Waals surface area contributed by atoms with Gasteiger partial charge in [0.15, 0.2) is 0 Å². The molecule has 6 heteroatoms. The number of anilines is 1. The Morgan fingerprint density at radius 1 is 0.950 bits per heavy atom. The molecule has 0 aromatic heterocycles. The first-order valence-corrected chi connectivity index (χ1v) is 6.74. The van der Waals surface area contributed by atoms with Crippen LogP contribution in [0.1, 0.15) is 5.56 Å². The first kappa shape index (κ1) is 14.6. The van der Waals surface area contributed by atoms with Crippen molar-refractivity contribution in [2.75, 3.05) is 5.73 Å². The highest BCUT2D eigenvalue weighted by Gasteiger charge is 2.30. The fraction of sp³-hybridized carbons (Fsp3) is 0.143. The number of halogens is 3. The molecule has 2 rings (SSSR count). The minimum absolute atomic E-state index is 0.210.